The van der Waals surface area contributed by atoms with Crippen molar-refractivity contribution < 1.29 is 9.90 Å². The van der Waals surface area contributed by atoms with Crippen molar-refractivity contribution in [3.8, 4) is 0 Å². The largest absolute Gasteiger partial charge is 0.480 e. The van der Waals surface area contributed by atoms with Gasteiger partial charge in [0.05, 0.1) is 0 Å². The molecule has 78 valence electrons. The molecule has 0 rings (SSSR count). The van der Waals surface area contributed by atoms with Crippen LogP contribution in [0.2, 0.25) is 0 Å². The van der Waals surface area contributed by atoms with Crippen molar-refractivity contribution in [3.05, 3.63) is 0 Å². The van der Waals surface area contributed by atoms with Gasteiger partial charge in [-0.2, -0.15) is 12.6 Å². The zero-order valence-electron chi connectivity index (χ0n) is 8.36. The molecule has 0 saturated carbocycles. The molecule has 0 aromatic carbocycles. The summed E-state index contributed by atoms with van der Waals surface area (Å²) in [5.74, 6) is -0.382. The molecule has 4 heteroatoms. The van der Waals surface area contributed by atoms with Crippen molar-refractivity contribution in [1.29, 1.82) is 0 Å². The molecule has 0 aliphatic heterocycles. The maximum atomic E-state index is 10.8. The summed E-state index contributed by atoms with van der Waals surface area (Å²) in [5, 5.41) is 8.91. The number of carboxylic acids is 1. The molecule has 0 spiro atoms. The van der Waals surface area contributed by atoms with E-state index in [2.05, 4.69) is 26.5 Å². The van der Waals surface area contributed by atoms with Crippen LogP contribution in [0.4, 0.5) is 0 Å². The fourth-order valence-corrected chi connectivity index (χ4v) is 1.73. The standard InChI is InChI=1S/C9H19NO2S/c1-3-5-10(6-4-2)8(7-13)9(11)12/h8,13H,3-7H2,1-2H3,(H,11,12). The second-order valence-electron chi connectivity index (χ2n) is 3.07. The van der Waals surface area contributed by atoms with E-state index >= 15 is 0 Å². The number of thiol groups is 1. The molecule has 0 aliphatic rings. The monoisotopic (exact) mass is 205 g/mol. The fraction of sp³-hybridized carbons (Fsp3) is 0.889. The van der Waals surface area contributed by atoms with Gasteiger partial charge in [-0.1, -0.05) is 13.8 Å². The van der Waals surface area contributed by atoms with Crippen molar-refractivity contribution in [2.75, 3.05) is 18.8 Å². The average Bonchev–Trinajstić information content (AvgIpc) is 2.05. The molecule has 0 fully saturated rings. The van der Waals surface area contributed by atoms with E-state index in [1.165, 1.54) is 0 Å². The Labute approximate surface area is 85.5 Å². The Morgan fingerprint density at radius 1 is 1.38 bits per heavy atom. The predicted octanol–water partition coefficient (Wildman–Crippen LogP) is 1.49. The van der Waals surface area contributed by atoms with E-state index < -0.39 is 12.0 Å². The van der Waals surface area contributed by atoms with E-state index in [1.54, 1.807) is 0 Å². The predicted molar refractivity (Wildman–Crippen MR) is 57.4 cm³/mol. The highest BCUT2D eigenvalue weighted by Gasteiger charge is 2.22. The molecular weight excluding hydrogens is 186 g/mol. The minimum atomic E-state index is -0.767. The molecule has 1 N–H and O–H groups in total. The van der Waals surface area contributed by atoms with Crippen LogP contribution in [0.1, 0.15) is 26.7 Å². The smallest absolute Gasteiger partial charge is 0.321 e. The van der Waals surface area contributed by atoms with Crippen LogP contribution >= 0.6 is 12.6 Å². The van der Waals surface area contributed by atoms with Gasteiger partial charge in [0, 0.05) is 5.75 Å². The lowest BCUT2D eigenvalue weighted by Gasteiger charge is -2.26. The topological polar surface area (TPSA) is 40.5 Å². The third-order valence-corrected chi connectivity index (χ3v) is 2.27. The molecule has 1 unspecified atom stereocenters. The molecule has 0 aliphatic carbocycles. The van der Waals surface area contributed by atoms with Crippen LogP contribution in [-0.4, -0.2) is 40.9 Å². The van der Waals surface area contributed by atoms with Crippen molar-refractivity contribution >= 4 is 18.6 Å². The van der Waals surface area contributed by atoms with Gasteiger partial charge in [0.15, 0.2) is 0 Å². The Kier molecular flexibility index (Phi) is 7.09. The van der Waals surface area contributed by atoms with E-state index in [0.29, 0.717) is 5.75 Å². The second kappa shape index (κ2) is 7.21. The summed E-state index contributed by atoms with van der Waals surface area (Å²) in [7, 11) is 0. The van der Waals surface area contributed by atoms with Gasteiger partial charge in [0.2, 0.25) is 0 Å². The van der Waals surface area contributed by atoms with E-state index in [0.717, 1.165) is 25.9 Å². The van der Waals surface area contributed by atoms with E-state index in [1.807, 2.05) is 4.90 Å². The third kappa shape index (κ3) is 4.52. The Balaban J connectivity index is 4.20. The molecule has 1 atom stereocenters. The Morgan fingerprint density at radius 3 is 2.08 bits per heavy atom. The van der Waals surface area contributed by atoms with Gasteiger partial charge in [-0.3, -0.25) is 9.69 Å². The first-order chi connectivity index (χ1) is 6.17. The number of hydrogen-bond acceptors (Lipinski definition) is 3. The molecule has 0 amide bonds. The maximum Gasteiger partial charge on any atom is 0.321 e. The second-order valence-corrected chi connectivity index (χ2v) is 3.44. The molecule has 3 nitrogen and oxygen atoms in total. The van der Waals surface area contributed by atoms with Gasteiger partial charge in [-0.05, 0) is 25.9 Å². The molecule has 0 heterocycles. The highest BCUT2D eigenvalue weighted by Crippen LogP contribution is 2.04. The lowest BCUT2D eigenvalue weighted by Crippen LogP contribution is -2.43. The van der Waals surface area contributed by atoms with Gasteiger partial charge in [-0.15, -0.1) is 0 Å². The lowest BCUT2D eigenvalue weighted by atomic mass is 10.2. The minimum Gasteiger partial charge on any atom is -0.480 e. The zero-order valence-corrected chi connectivity index (χ0v) is 9.26. The minimum absolute atomic E-state index is 0.384. The van der Waals surface area contributed by atoms with Gasteiger partial charge >= 0.3 is 5.97 Å². The average molecular weight is 205 g/mol. The van der Waals surface area contributed by atoms with Gasteiger partial charge in [0.25, 0.3) is 0 Å². The van der Waals surface area contributed by atoms with Gasteiger partial charge < -0.3 is 5.11 Å². The summed E-state index contributed by atoms with van der Waals surface area (Å²) < 4.78 is 0. The summed E-state index contributed by atoms with van der Waals surface area (Å²) in [6.07, 6.45) is 1.97. The van der Waals surface area contributed by atoms with Crippen LogP contribution in [0.25, 0.3) is 0 Å². The summed E-state index contributed by atoms with van der Waals surface area (Å²) >= 11 is 4.06. The summed E-state index contributed by atoms with van der Waals surface area (Å²) in [4.78, 5) is 12.8. The number of aliphatic carboxylic acids is 1. The van der Waals surface area contributed by atoms with Crippen LogP contribution in [-0.2, 0) is 4.79 Å². The molecular formula is C9H19NO2S. The molecule has 0 bridgehead atoms. The van der Waals surface area contributed by atoms with Gasteiger partial charge in [0.1, 0.15) is 6.04 Å². The van der Waals surface area contributed by atoms with Crippen LogP contribution in [0, 0.1) is 0 Å². The van der Waals surface area contributed by atoms with E-state index in [-0.39, 0.29) is 0 Å². The van der Waals surface area contributed by atoms with E-state index in [4.69, 9.17) is 5.11 Å². The van der Waals surface area contributed by atoms with Crippen LogP contribution < -0.4 is 0 Å². The van der Waals surface area contributed by atoms with Crippen molar-refractivity contribution in [3.63, 3.8) is 0 Å². The van der Waals surface area contributed by atoms with Crippen molar-refractivity contribution in [1.82, 2.24) is 4.90 Å². The molecule has 0 saturated heterocycles. The summed E-state index contributed by atoms with van der Waals surface area (Å²) in [6.45, 7) is 5.79. The van der Waals surface area contributed by atoms with Crippen LogP contribution in [0.5, 0.6) is 0 Å². The quantitative estimate of drug-likeness (QED) is 0.619. The SMILES string of the molecule is CCCN(CCC)C(CS)C(=O)O. The highest BCUT2D eigenvalue weighted by molar-refractivity contribution is 7.80. The first-order valence-corrected chi connectivity index (χ1v) is 5.38. The Hall–Kier alpha value is -0.220. The molecule has 13 heavy (non-hydrogen) atoms. The van der Waals surface area contributed by atoms with Gasteiger partial charge in [-0.25, -0.2) is 0 Å². The number of carboxylic acid groups (broad SMARTS) is 1. The van der Waals surface area contributed by atoms with Crippen molar-refractivity contribution in [2.24, 2.45) is 0 Å². The number of rotatable bonds is 7. The summed E-state index contributed by atoms with van der Waals surface area (Å²) in [5.41, 5.74) is 0. The lowest BCUT2D eigenvalue weighted by molar-refractivity contribution is -0.142. The normalized spacial score (nSPS) is 13.2. The third-order valence-electron chi connectivity index (χ3n) is 1.92. The first-order valence-electron chi connectivity index (χ1n) is 4.75. The molecule has 0 aromatic rings. The molecule has 0 aromatic heterocycles. The Bertz CT molecular complexity index is 147. The number of carbonyl (C=O) groups is 1. The van der Waals surface area contributed by atoms with Crippen LogP contribution in [0.3, 0.4) is 0 Å². The van der Waals surface area contributed by atoms with Crippen LogP contribution in [0.15, 0.2) is 0 Å². The first kappa shape index (κ1) is 12.8. The van der Waals surface area contributed by atoms with E-state index in [9.17, 15) is 4.79 Å². The van der Waals surface area contributed by atoms with Crippen molar-refractivity contribution in [2.45, 2.75) is 32.7 Å². The number of hydrogen-bond donors (Lipinski definition) is 2. The Morgan fingerprint density at radius 2 is 1.85 bits per heavy atom. The number of nitrogens with zero attached hydrogens (tertiary/aromatic N) is 1. The molecule has 0 radical (unpaired) electrons. The maximum absolute atomic E-state index is 10.8. The summed E-state index contributed by atoms with van der Waals surface area (Å²) in [6, 6.07) is -0.428. The highest BCUT2D eigenvalue weighted by atomic mass is 32.1. The zero-order chi connectivity index (χ0) is 10.3. The fourth-order valence-electron chi connectivity index (χ4n) is 1.35.